The number of Topliss-reactive ketones (excluding diaryl/α,β-unsaturated/α-hetero) is 1. The van der Waals surface area contributed by atoms with E-state index in [1.165, 1.54) is 0 Å². The first-order valence-electron chi connectivity index (χ1n) is 2.48. The molecule has 0 saturated carbocycles. The molecule has 0 amide bonds. The number of carboxylic acid groups (broad SMARTS) is 2. The Morgan fingerprint density at radius 3 is 1.43 bits per heavy atom. The van der Waals surface area contributed by atoms with E-state index in [0.717, 1.165) is 0 Å². The zero-order valence-electron chi connectivity index (χ0n) is 7.96. The van der Waals surface area contributed by atoms with Crippen LogP contribution in [0.25, 0.3) is 0 Å². The molecule has 0 fully saturated rings. The third-order valence-electron chi connectivity index (χ3n) is 0.784. The van der Waals surface area contributed by atoms with Crippen LogP contribution in [-0.4, -0.2) is 28.7 Å². The Labute approximate surface area is 124 Å². The van der Waals surface area contributed by atoms with Crippen molar-refractivity contribution in [1.82, 2.24) is 0 Å². The summed E-state index contributed by atoms with van der Waals surface area (Å²) in [4.78, 5) is 29.4. The molecule has 0 atom stereocenters. The molecule has 0 aromatic rings. The van der Waals surface area contributed by atoms with Gasteiger partial charge in [-0.05, 0) is 6.42 Å². The Hall–Kier alpha value is 0.530. The smallest absolute Gasteiger partial charge is 0.550 e. The van der Waals surface area contributed by atoms with Gasteiger partial charge in [0.1, 0.15) is 5.97 Å². The molecule has 14 heavy (non-hydrogen) atoms. The minimum Gasteiger partial charge on any atom is -0.550 e. The van der Waals surface area contributed by atoms with Gasteiger partial charge in [0.15, 0.2) is 5.78 Å². The fraction of sp³-hybridized carbons (Fsp3) is 0.400. The summed E-state index contributed by atoms with van der Waals surface area (Å²) < 4.78 is 0. The van der Waals surface area contributed by atoms with Crippen molar-refractivity contribution in [2.24, 2.45) is 0 Å². The molecular formula is C5H8Na2O7. The van der Waals surface area contributed by atoms with E-state index in [0.29, 0.717) is 0 Å². The van der Waals surface area contributed by atoms with Crippen molar-refractivity contribution >= 4 is 17.7 Å². The summed E-state index contributed by atoms with van der Waals surface area (Å²) in [6.45, 7) is 0. The van der Waals surface area contributed by atoms with Gasteiger partial charge in [0.05, 0.1) is 0 Å². The van der Waals surface area contributed by atoms with Crippen molar-refractivity contribution in [3.8, 4) is 0 Å². The molecule has 0 radical (unpaired) electrons. The zero-order chi connectivity index (χ0) is 8.15. The Kier molecular flexibility index (Phi) is 33.4. The van der Waals surface area contributed by atoms with Gasteiger partial charge in [-0.3, -0.25) is 4.79 Å². The van der Waals surface area contributed by atoms with E-state index in [1.807, 2.05) is 0 Å². The van der Waals surface area contributed by atoms with E-state index in [2.05, 4.69) is 0 Å². The van der Waals surface area contributed by atoms with Crippen LogP contribution >= 0.6 is 0 Å². The van der Waals surface area contributed by atoms with Crippen molar-refractivity contribution < 1.29 is 94.7 Å². The third kappa shape index (κ3) is 18.3. The summed E-state index contributed by atoms with van der Waals surface area (Å²) in [6, 6.07) is 0. The number of rotatable bonds is 4. The van der Waals surface area contributed by atoms with Gasteiger partial charge in [0.25, 0.3) is 0 Å². The van der Waals surface area contributed by atoms with Crippen molar-refractivity contribution in [3.05, 3.63) is 0 Å². The van der Waals surface area contributed by atoms with Crippen LogP contribution in [0.4, 0.5) is 0 Å². The maximum atomic E-state index is 10.1. The minimum atomic E-state index is -1.86. The number of ketones is 1. The van der Waals surface area contributed by atoms with Crippen LogP contribution in [0.5, 0.6) is 0 Å². The minimum absolute atomic E-state index is 0. The molecular weight excluding hydrogens is 218 g/mol. The number of carboxylic acids is 2. The Balaban J connectivity index is -0.0000000675. The van der Waals surface area contributed by atoms with Crippen molar-refractivity contribution in [1.29, 1.82) is 0 Å². The first kappa shape index (κ1) is 29.3. The monoisotopic (exact) mass is 226 g/mol. The fourth-order valence-electron chi connectivity index (χ4n) is 0.318. The number of carbonyl (C=O) groups excluding carboxylic acids is 3. The topological polar surface area (TPSA) is 160 Å². The molecule has 72 valence electrons. The predicted octanol–water partition coefficient (Wildman–Crippen LogP) is -10.8. The van der Waals surface area contributed by atoms with Gasteiger partial charge in [-0.1, -0.05) is 0 Å². The molecule has 9 heteroatoms. The second-order valence-electron chi connectivity index (χ2n) is 1.58. The molecule has 7 nitrogen and oxygen atoms in total. The summed E-state index contributed by atoms with van der Waals surface area (Å²) in [7, 11) is 0. The van der Waals surface area contributed by atoms with Crippen LogP contribution in [0.3, 0.4) is 0 Å². The van der Waals surface area contributed by atoms with Crippen LogP contribution in [0, 0.1) is 0 Å². The number of hydrogen-bond acceptors (Lipinski definition) is 5. The van der Waals surface area contributed by atoms with Crippen LogP contribution in [0.15, 0.2) is 0 Å². The van der Waals surface area contributed by atoms with Crippen molar-refractivity contribution in [2.45, 2.75) is 12.8 Å². The maximum absolute atomic E-state index is 10.1. The van der Waals surface area contributed by atoms with E-state index >= 15 is 0 Å². The van der Waals surface area contributed by atoms with Gasteiger partial charge in [0.2, 0.25) is 0 Å². The van der Waals surface area contributed by atoms with Gasteiger partial charge in [-0.2, -0.15) is 0 Å². The van der Waals surface area contributed by atoms with Crippen molar-refractivity contribution in [2.75, 3.05) is 0 Å². The van der Waals surface area contributed by atoms with Crippen LogP contribution in [0.2, 0.25) is 0 Å². The molecule has 0 unspecified atom stereocenters. The summed E-state index contributed by atoms with van der Waals surface area (Å²) >= 11 is 0. The second-order valence-corrected chi connectivity index (χ2v) is 1.58. The van der Waals surface area contributed by atoms with Gasteiger partial charge >= 0.3 is 59.1 Å². The first-order valence-corrected chi connectivity index (χ1v) is 2.48. The predicted molar refractivity (Wildman–Crippen MR) is 31.5 cm³/mol. The van der Waals surface area contributed by atoms with Gasteiger partial charge in [-0.15, -0.1) is 0 Å². The fourth-order valence-corrected chi connectivity index (χ4v) is 0.318. The Bertz CT molecular complexity index is 181. The van der Waals surface area contributed by atoms with E-state index in [9.17, 15) is 24.6 Å². The van der Waals surface area contributed by atoms with Gasteiger partial charge in [-0.25, -0.2) is 0 Å². The van der Waals surface area contributed by atoms with E-state index in [-0.39, 0.29) is 70.1 Å². The largest absolute Gasteiger partial charge is 1.00 e. The normalized spacial score (nSPS) is 6.29. The number of carbonyl (C=O) groups is 3. The Morgan fingerprint density at radius 2 is 1.21 bits per heavy atom. The van der Waals surface area contributed by atoms with Crippen LogP contribution < -0.4 is 69.3 Å². The molecule has 0 bridgehead atoms. The summed E-state index contributed by atoms with van der Waals surface area (Å²) in [6.07, 6.45) is -1.14. The van der Waals surface area contributed by atoms with E-state index < -0.39 is 30.6 Å². The molecule has 0 saturated heterocycles. The average molecular weight is 226 g/mol. The summed E-state index contributed by atoms with van der Waals surface area (Å²) in [5, 5.41) is 19.3. The number of hydrogen-bond donors (Lipinski definition) is 0. The van der Waals surface area contributed by atoms with E-state index in [4.69, 9.17) is 0 Å². The van der Waals surface area contributed by atoms with Gasteiger partial charge < -0.3 is 30.8 Å². The Morgan fingerprint density at radius 1 is 0.857 bits per heavy atom. The molecule has 0 aliphatic carbocycles. The molecule has 0 spiro atoms. The third-order valence-corrected chi connectivity index (χ3v) is 0.784. The second kappa shape index (κ2) is 16.0. The summed E-state index contributed by atoms with van der Waals surface area (Å²) in [5.41, 5.74) is 0. The van der Waals surface area contributed by atoms with Gasteiger partial charge in [0, 0.05) is 12.4 Å². The zero-order valence-corrected chi connectivity index (χ0v) is 12.0. The number of aliphatic carboxylic acids is 2. The van der Waals surface area contributed by atoms with E-state index in [1.54, 1.807) is 0 Å². The SMILES string of the molecule is O.O.O=C([O-])CCC(=O)C(=O)[O-].[Na+].[Na+]. The molecule has 0 aromatic carbocycles. The first-order chi connectivity index (χ1) is 4.54. The molecule has 0 heterocycles. The molecule has 0 aromatic heterocycles. The molecule has 0 aliphatic heterocycles. The molecule has 0 rings (SSSR count). The van der Waals surface area contributed by atoms with Crippen molar-refractivity contribution in [3.63, 3.8) is 0 Å². The average Bonchev–Trinajstić information content (AvgIpc) is 1.82. The van der Waals surface area contributed by atoms with Crippen LogP contribution in [-0.2, 0) is 14.4 Å². The molecule has 4 N–H and O–H groups in total. The maximum Gasteiger partial charge on any atom is 1.00 e. The standard InChI is InChI=1S/C5H6O5.2Na.2H2O/c6-3(5(9)10)1-2-4(7)8;;;;/h1-2H2,(H,7,8)(H,9,10);;;2*1H2/q;2*+1;;/p-2. The summed E-state index contributed by atoms with van der Waals surface area (Å²) in [5.74, 6) is -4.53. The quantitative estimate of drug-likeness (QED) is 0.343. The molecule has 0 aliphatic rings. The van der Waals surface area contributed by atoms with Crippen LogP contribution in [0.1, 0.15) is 12.8 Å².